The van der Waals surface area contributed by atoms with Crippen molar-refractivity contribution in [2.45, 2.75) is 5.92 Å². The normalized spacial score (nSPS) is 14.3. The Morgan fingerprint density at radius 3 is 2.35 bits per heavy atom. The van der Waals surface area contributed by atoms with Crippen LogP contribution in [0.3, 0.4) is 0 Å². The number of nitriles is 1. The summed E-state index contributed by atoms with van der Waals surface area (Å²) in [5, 5.41) is 15.0. The molecule has 1 atom stereocenters. The zero-order chi connectivity index (χ0) is 25.9. The van der Waals surface area contributed by atoms with Crippen LogP contribution in [0.2, 0.25) is 0 Å². The molecule has 184 valence electrons. The summed E-state index contributed by atoms with van der Waals surface area (Å²) in [5.74, 6) is 1.20. The second-order valence-corrected chi connectivity index (χ2v) is 8.36. The van der Waals surface area contributed by atoms with E-state index in [1.54, 1.807) is 44.6 Å². The quantitative estimate of drug-likeness (QED) is 0.379. The predicted molar refractivity (Wildman–Crippen MR) is 139 cm³/mol. The summed E-state index contributed by atoms with van der Waals surface area (Å²) < 4.78 is 22.6. The molecule has 1 unspecified atom stereocenters. The number of hydrogen-bond donors (Lipinski definition) is 1. The van der Waals surface area contributed by atoms with Crippen LogP contribution < -0.4 is 24.3 Å². The monoisotopic (exact) mass is 492 g/mol. The highest BCUT2D eigenvalue weighted by Gasteiger charge is 2.34. The van der Waals surface area contributed by atoms with Crippen LogP contribution in [0.25, 0.3) is 10.8 Å². The number of benzene rings is 4. The number of ether oxygens (including phenoxy) is 4. The van der Waals surface area contributed by atoms with Crippen molar-refractivity contribution in [1.82, 2.24) is 5.32 Å². The van der Waals surface area contributed by atoms with Crippen molar-refractivity contribution in [3.63, 3.8) is 0 Å². The lowest BCUT2D eigenvalue weighted by Crippen LogP contribution is -2.31. The lowest BCUT2D eigenvalue weighted by molar-refractivity contribution is 0.0945. The molecular formula is C30H24N2O5. The third kappa shape index (κ3) is 4.19. The Morgan fingerprint density at radius 1 is 0.865 bits per heavy atom. The lowest BCUT2D eigenvalue weighted by atomic mass is 9.82. The smallest absolute Gasteiger partial charge is 0.261 e. The Bertz CT molecular complexity index is 1580. The van der Waals surface area contributed by atoms with Gasteiger partial charge in [-0.05, 0) is 35.2 Å². The van der Waals surface area contributed by atoms with Gasteiger partial charge in [-0.1, -0.05) is 54.6 Å². The van der Waals surface area contributed by atoms with Gasteiger partial charge in [0.05, 0.1) is 32.8 Å². The molecular weight excluding hydrogens is 468 g/mol. The highest BCUT2D eigenvalue weighted by molar-refractivity contribution is 5.98. The maximum absolute atomic E-state index is 13.3. The molecule has 7 nitrogen and oxygen atoms in total. The van der Waals surface area contributed by atoms with Gasteiger partial charge in [-0.3, -0.25) is 10.1 Å². The number of nitrogens with one attached hydrogen (secondary N) is 1. The SMILES string of the molecule is COc1ccc(C2C(C#N)=C(NC(=O)c3ccccc3OC)Oc3c2ccc2ccccc32)cc1OC. The number of rotatable bonds is 6. The summed E-state index contributed by atoms with van der Waals surface area (Å²) in [5.41, 5.74) is 2.18. The van der Waals surface area contributed by atoms with Gasteiger partial charge in [0.1, 0.15) is 23.1 Å². The summed E-state index contributed by atoms with van der Waals surface area (Å²) in [7, 11) is 4.63. The van der Waals surface area contributed by atoms with Crippen molar-refractivity contribution in [3.05, 3.63) is 107 Å². The molecule has 7 heteroatoms. The molecule has 0 aliphatic carbocycles. The van der Waals surface area contributed by atoms with Crippen LogP contribution in [0.15, 0.2) is 90.3 Å². The first-order valence-electron chi connectivity index (χ1n) is 11.6. The molecule has 1 aliphatic heterocycles. The van der Waals surface area contributed by atoms with Gasteiger partial charge in [0.25, 0.3) is 5.91 Å². The molecule has 4 aromatic rings. The van der Waals surface area contributed by atoms with Gasteiger partial charge >= 0.3 is 0 Å². The van der Waals surface area contributed by atoms with Crippen LogP contribution in [-0.2, 0) is 0 Å². The summed E-state index contributed by atoms with van der Waals surface area (Å²) in [6, 6.07) is 26.4. The van der Waals surface area contributed by atoms with Crippen LogP contribution in [0.5, 0.6) is 23.0 Å². The molecule has 0 radical (unpaired) electrons. The number of carbonyl (C=O) groups is 1. The molecule has 0 saturated carbocycles. The van der Waals surface area contributed by atoms with Crippen molar-refractivity contribution in [3.8, 4) is 29.1 Å². The molecule has 0 bridgehead atoms. The van der Waals surface area contributed by atoms with Crippen molar-refractivity contribution >= 4 is 16.7 Å². The molecule has 0 fully saturated rings. The Hall–Kier alpha value is -4.96. The second kappa shape index (κ2) is 9.96. The number of para-hydroxylation sites is 1. The van der Waals surface area contributed by atoms with E-state index >= 15 is 0 Å². The first-order valence-corrected chi connectivity index (χ1v) is 11.6. The molecule has 4 aromatic carbocycles. The number of allylic oxidation sites excluding steroid dienone is 1. The van der Waals surface area contributed by atoms with Gasteiger partial charge in [-0.25, -0.2) is 0 Å². The number of fused-ring (bicyclic) bond motifs is 3. The van der Waals surface area contributed by atoms with Gasteiger partial charge in [-0.2, -0.15) is 5.26 Å². The number of carbonyl (C=O) groups excluding carboxylic acids is 1. The van der Waals surface area contributed by atoms with E-state index in [4.69, 9.17) is 18.9 Å². The van der Waals surface area contributed by atoms with Crippen LogP contribution in [0.4, 0.5) is 0 Å². The fourth-order valence-corrected chi connectivity index (χ4v) is 4.63. The van der Waals surface area contributed by atoms with Crippen molar-refractivity contribution in [2.24, 2.45) is 0 Å². The van der Waals surface area contributed by atoms with Crippen LogP contribution in [0, 0.1) is 11.3 Å². The second-order valence-electron chi connectivity index (χ2n) is 8.36. The fourth-order valence-electron chi connectivity index (χ4n) is 4.63. The average Bonchev–Trinajstić information content (AvgIpc) is 2.95. The molecule has 0 saturated heterocycles. The molecule has 1 amide bonds. The van der Waals surface area contributed by atoms with E-state index in [2.05, 4.69) is 11.4 Å². The molecule has 1 heterocycles. The summed E-state index contributed by atoms with van der Waals surface area (Å²) >= 11 is 0. The lowest BCUT2D eigenvalue weighted by Gasteiger charge is -2.29. The van der Waals surface area contributed by atoms with E-state index in [0.29, 0.717) is 28.6 Å². The molecule has 0 aromatic heterocycles. The zero-order valence-corrected chi connectivity index (χ0v) is 20.6. The van der Waals surface area contributed by atoms with E-state index in [-0.39, 0.29) is 11.5 Å². The third-order valence-electron chi connectivity index (χ3n) is 6.40. The number of hydrogen-bond acceptors (Lipinski definition) is 6. The first-order chi connectivity index (χ1) is 18.1. The van der Waals surface area contributed by atoms with Crippen molar-refractivity contribution in [2.75, 3.05) is 21.3 Å². The largest absolute Gasteiger partial charge is 0.496 e. The molecule has 5 rings (SSSR count). The van der Waals surface area contributed by atoms with E-state index in [1.165, 1.54) is 7.11 Å². The summed E-state index contributed by atoms with van der Waals surface area (Å²) in [6.07, 6.45) is 0. The molecule has 37 heavy (non-hydrogen) atoms. The van der Waals surface area contributed by atoms with Gasteiger partial charge in [-0.15, -0.1) is 0 Å². The van der Waals surface area contributed by atoms with Crippen molar-refractivity contribution < 1.29 is 23.7 Å². The van der Waals surface area contributed by atoms with Crippen LogP contribution in [0.1, 0.15) is 27.4 Å². The standard InChI is InChI=1S/C30H24N2O5/c1-34-24-11-7-6-10-21(24)29(33)32-30-23(17-31)27(19-13-15-25(35-2)26(16-19)36-3)22-14-12-18-8-4-5-9-20(18)28(22)37-30/h4-16,27H,1-3H3,(H,32,33). The third-order valence-corrected chi connectivity index (χ3v) is 6.40. The van der Waals surface area contributed by atoms with E-state index in [9.17, 15) is 10.1 Å². The molecule has 1 aliphatic rings. The molecule has 1 N–H and O–H groups in total. The van der Waals surface area contributed by atoms with Gasteiger partial charge in [0, 0.05) is 10.9 Å². The number of nitrogens with zero attached hydrogens (tertiary/aromatic N) is 1. The topological polar surface area (TPSA) is 89.8 Å². The Kier molecular flexibility index (Phi) is 6.40. The van der Waals surface area contributed by atoms with Gasteiger partial charge in [0.2, 0.25) is 5.88 Å². The summed E-state index contributed by atoms with van der Waals surface area (Å²) in [4.78, 5) is 13.3. The minimum Gasteiger partial charge on any atom is -0.496 e. The fraction of sp³-hybridized carbons (Fsp3) is 0.133. The number of methoxy groups -OCH3 is 3. The minimum absolute atomic E-state index is 0.0713. The summed E-state index contributed by atoms with van der Waals surface area (Å²) in [6.45, 7) is 0. The van der Waals surface area contributed by atoms with E-state index < -0.39 is 11.8 Å². The predicted octanol–water partition coefficient (Wildman–Crippen LogP) is 5.56. The van der Waals surface area contributed by atoms with Crippen LogP contribution >= 0.6 is 0 Å². The van der Waals surface area contributed by atoms with Crippen molar-refractivity contribution in [1.29, 1.82) is 5.26 Å². The maximum Gasteiger partial charge on any atom is 0.261 e. The average molecular weight is 493 g/mol. The van der Waals surface area contributed by atoms with Gasteiger partial charge in [0.15, 0.2) is 11.5 Å². The minimum atomic E-state index is -0.522. The molecule has 0 spiro atoms. The maximum atomic E-state index is 13.3. The first kappa shape index (κ1) is 23.8. The zero-order valence-electron chi connectivity index (χ0n) is 20.6. The highest BCUT2D eigenvalue weighted by atomic mass is 16.5. The van der Waals surface area contributed by atoms with Crippen LogP contribution in [-0.4, -0.2) is 27.2 Å². The Morgan fingerprint density at radius 2 is 1.59 bits per heavy atom. The Balaban J connectivity index is 1.69. The highest BCUT2D eigenvalue weighted by Crippen LogP contribution is 2.47. The Labute approximate surface area is 214 Å². The van der Waals surface area contributed by atoms with E-state index in [1.807, 2.05) is 48.5 Å². The van der Waals surface area contributed by atoms with E-state index in [0.717, 1.165) is 21.9 Å². The number of amides is 1. The van der Waals surface area contributed by atoms with Gasteiger partial charge < -0.3 is 18.9 Å².